The Morgan fingerprint density at radius 1 is 1.50 bits per heavy atom. The minimum absolute atomic E-state index is 0.0781. The molecule has 5 heteroatoms. The average Bonchev–Trinajstić information content (AvgIpc) is 2.43. The number of carbonyl (C=O) groups is 1. The summed E-state index contributed by atoms with van der Waals surface area (Å²) in [5.74, 6) is 0.546. The first-order chi connectivity index (χ1) is 9.38. The highest BCUT2D eigenvalue weighted by atomic mass is 35.5. The highest BCUT2D eigenvalue weighted by Gasteiger charge is 2.18. The molecule has 0 saturated carbocycles. The summed E-state index contributed by atoms with van der Waals surface area (Å²) < 4.78 is 5.07. The summed E-state index contributed by atoms with van der Waals surface area (Å²) in [5, 5.41) is 13.1. The Morgan fingerprint density at radius 2 is 2.20 bits per heavy atom. The first-order valence-electron chi connectivity index (χ1n) is 6.69. The Bertz CT molecular complexity index is 460. The largest absolute Gasteiger partial charge is 0.495 e. The smallest absolute Gasteiger partial charge is 0.220 e. The molecule has 1 rings (SSSR count). The van der Waals surface area contributed by atoms with Gasteiger partial charge in [-0.25, -0.2) is 0 Å². The third-order valence-electron chi connectivity index (χ3n) is 3.29. The highest BCUT2D eigenvalue weighted by Crippen LogP contribution is 2.25. The van der Waals surface area contributed by atoms with Crippen LogP contribution in [0.15, 0.2) is 18.2 Å². The van der Waals surface area contributed by atoms with E-state index >= 15 is 0 Å². The number of amides is 1. The molecule has 0 fully saturated rings. The lowest BCUT2D eigenvalue weighted by Crippen LogP contribution is -2.40. The van der Waals surface area contributed by atoms with Crippen LogP contribution in [0, 0.1) is 0 Å². The van der Waals surface area contributed by atoms with Gasteiger partial charge < -0.3 is 15.2 Å². The fraction of sp³-hybridized carbons (Fsp3) is 0.533. The van der Waals surface area contributed by atoms with Crippen molar-refractivity contribution in [2.75, 3.05) is 13.7 Å². The molecule has 0 heterocycles. The molecule has 1 aromatic carbocycles. The fourth-order valence-corrected chi connectivity index (χ4v) is 1.91. The van der Waals surface area contributed by atoms with Gasteiger partial charge in [-0.15, -0.1) is 0 Å². The van der Waals surface area contributed by atoms with Crippen LogP contribution < -0.4 is 10.1 Å². The Balaban J connectivity index is 2.43. The maximum atomic E-state index is 11.7. The predicted molar refractivity (Wildman–Crippen MR) is 80.2 cm³/mol. The average molecular weight is 300 g/mol. The van der Waals surface area contributed by atoms with Gasteiger partial charge in [0.15, 0.2) is 0 Å². The van der Waals surface area contributed by atoms with Crippen LogP contribution in [0.5, 0.6) is 5.75 Å². The number of halogens is 1. The van der Waals surface area contributed by atoms with Crippen molar-refractivity contribution in [3.63, 3.8) is 0 Å². The molecule has 0 aliphatic rings. The molecule has 2 N–H and O–H groups in total. The van der Waals surface area contributed by atoms with Gasteiger partial charge in [-0.2, -0.15) is 0 Å². The van der Waals surface area contributed by atoms with Gasteiger partial charge in [0.2, 0.25) is 5.91 Å². The van der Waals surface area contributed by atoms with Gasteiger partial charge in [0, 0.05) is 13.0 Å². The number of hydrogen-bond acceptors (Lipinski definition) is 3. The van der Waals surface area contributed by atoms with Crippen LogP contribution in [0.1, 0.15) is 32.3 Å². The van der Waals surface area contributed by atoms with Gasteiger partial charge in [0.25, 0.3) is 0 Å². The molecular formula is C15H22ClNO3. The van der Waals surface area contributed by atoms with Crippen LogP contribution in [0.4, 0.5) is 0 Å². The van der Waals surface area contributed by atoms with E-state index in [1.807, 2.05) is 13.0 Å². The highest BCUT2D eigenvalue weighted by molar-refractivity contribution is 6.32. The van der Waals surface area contributed by atoms with Crippen molar-refractivity contribution in [2.24, 2.45) is 0 Å². The lowest BCUT2D eigenvalue weighted by Gasteiger charge is -2.21. The van der Waals surface area contributed by atoms with Gasteiger partial charge in [0.1, 0.15) is 5.75 Å². The van der Waals surface area contributed by atoms with E-state index in [0.717, 1.165) is 5.56 Å². The van der Waals surface area contributed by atoms with Crippen molar-refractivity contribution >= 4 is 17.5 Å². The quantitative estimate of drug-likeness (QED) is 0.813. The summed E-state index contributed by atoms with van der Waals surface area (Å²) in [7, 11) is 1.56. The molecule has 1 unspecified atom stereocenters. The van der Waals surface area contributed by atoms with Crippen LogP contribution in [-0.2, 0) is 11.2 Å². The molecule has 112 valence electrons. The Hall–Kier alpha value is -1.26. The number of carbonyl (C=O) groups excluding carboxylic acids is 1. The van der Waals surface area contributed by atoms with E-state index in [2.05, 4.69) is 5.32 Å². The molecular weight excluding hydrogens is 278 g/mol. The van der Waals surface area contributed by atoms with E-state index < -0.39 is 5.60 Å². The lowest BCUT2D eigenvalue weighted by molar-refractivity contribution is -0.122. The minimum atomic E-state index is -0.848. The first-order valence-corrected chi connectivity index (χ1v) is 7.07. The summed E-state index contributed by atoms with van der Waals surface area (Å²) in [6, 6.07) is 5.48. The normalized spacial score (nSPS) is 13.7. The lowest BCUT2D eigenvalue weighted by atomic mass is 10.0. The number of ether oxygens (including phenoxy) is 1. The van der Waals surface area contributed by atoms with Crippen molar-refractivity contribution in [1.29, 1.82) is 0 Å². The Kier molecular flexibility index (Phi) is 6.30. The second-order valence-corrected chi connectivity index (χ2v) is 5.50. The van der Waals surface area contributed by atoms with Crippen molar-refractivity contribution < 1.29 is 14.6 Å². The first kappa shape index (κ1) is 16.8. The van der Waals surface area contributed by atoms with Crippen LogP contribution in [0.2, 0.25) is 5.02 Å². The maximum absolute atomic E-state index is 11.7. The third kappa shape index (κ3) is 5.39. The molecule has 20 heavy (non-hydrogen) atoms. The summed E-state index contributed by atoms with van der Waals surface area (Å²) in [4.78, 5) is 11.7. The van der Waals surface area contributed by atoms with Crippen LogP contribution >= 0.6 is 11.6 Å². The topological polar surface area (TPSA) is 58.6 Å². The number of aryl methyl sites for hydroxylation is 1. The van der Waals surface area contributed by atoms with Gasteiger partial charge in [-0.3, -0.25) is 4.79 Å². The van der Waals surface area contributed by atoms with Gasteiger partial charge in [-0.1, -0.05) is 24.6 Å². The van der Waals surface area contributed by atoms with E-state index in [-0.39, 0.29) is 12.5 Å². The van der Waals surface area contributed by atoms with E-state index in [9.17, 15) is 9.90 Å². The van der Waals surface area contributed by atoms with Crippen LogP contribution in [0.3, 0.4) is 0 Å². The minimum Gasteiger partial charge on any atom is -0.495 e. The predicted octanol–water partition coefficient (Wildman–Crippen LogP) is 2.56. The molecule has 0 bridgehead atoms. The Labute approximate surface area is 125 Å². The van der Waals surface area contributed by atoms with E-state index in [1.54, 1.807) is 26.2 Å². The molecule has 0 aromatic heterocycles. The van der Waals surface area contributed by atoms with Gasteiger partial charge in [0.05, 0.1) is 17.7 Å². The summed E-state index contributed by atoms with van der Waals surface area (Å²) in [6.07, 6.45) is 1.56. The molecule has 4 nitrogen and oxygen atoms in total. The second kappa shape index (κ2) is 7.50. The van der Waals surface area contributed by atoms with Crippen molar-refractivity contribution in [2.45, 2.75) is 38.7 Å². The number of methoxy groups -OCH3 is 1. The van der Waals surface area contributed by atoms with Crippen molar-refractivity contribution in [1.82, 2.24) is 5.32 Å². The van der Waals surface area contributed by atoms with Gasteiger partial charge >= 0.3 is 0 Å². The van der Waals surface area contributed by atoms with E-state index in [0.29, 0.717) is 30.0 Å². The fourth-order valence-electron chi connectivity index (χ4n) is 1.63. The third-order valence-corrected chi connectivity index (χ3v) is 3.58. The van der Waals surface area contributed by atoms with Crippen LogP contribution in [-0.4, -0.2) is 30.3 Å². The number of hydrogen-bond donors (Lipinski definition) is 2. The van der Waals surface area contributed by atoms with Crippen molar-refractivity contribution in [3.8, 4) is 5.75 Å². The zero-order valence-corrected chi connectivity index (χ0v) is 13.0. The SMILES string of the molecule is CCC(C)(O)CNC(=O)CCc1ccc(OC)c(Cl)c1. The van der Waals surface area contributed by atoms with E-state index in [4.69, 9.17) is 16.3 Å². The van der Waals surface area contributed by atoms with Crippen LogP contribution in [0.25, 0.3) is 0 Å². The molecule has 1 aromatic rings. The number of aliphatic hydroxyl groups is 1. The molecule has 0 spiro atoms. The number of benzene rings is 1. The Morgan fingerprint density at radius 3 is 2.75 bits per heavy atom. The summed E-state index contributed by atoms with van der Waals surface area (Å²) >= 11 is 6.03. The number of rotatable bonds is 7. The molecule has 1 atom stereocenters. The molecule has 1 amide bonds. The molecule has 0 aliphatic carbocycles. The maximum Gasteiger partial charge on any atom is 0.220 e. The monoisotopic (exact) mass is 299 g/mol. The zero-order chi connectivity index (χ0) is 15.2. The molecule has 0 saturated heterocycles. The van der Waals surface area contributed by atoms with Gasteiger partial charge in [-0.05, 0) is 37.5 Å². The summed E-state index contributed by atoms with van der Waals surface area (Å²) in [5.41, 5.74) is 0.132. The molecule has 0 radical (unpaired) electrons. The zero-order valence-electron chi connectivity index (χ0n) is 12.2. The molecule has 0 aliphatic heterocycles. The summed E-state index contributed by atoms with van der Waals surface area (Å²) in [6.45, 7) is 3.85. The van der Waals surface area contributed by atoms with E-state index in [1.165, 1.54) is 0 Å². The second-order valence-electron chi connectivity index (χ2n) is 5.10. The standard InChI is InChI=1S/C15H22ClNO3/c1-4-15(2,19)10-17-14(18)8-6-11-5-7-13(20-3)12(16)9-11/h5,7,9,19H,4,6,8,10H2,1-3H3,(H,17,18). The number of nitrogens with one attached hydrogen (secondary N) is 1. The van der Waals surface area contributed by atoms with Crippen molar-refractivity contribution in [3.05, 3.63) is 28.8 Å².